The van der Waals surface area contributed by atoms with Crippen LogP contribution in [-0.2, 0) is 0 Å². The number of aryl methyl sites for hydroxylation is 1. The van der Waals surface area contributed by atoms with Gasteiger partial charge in [0.1, 0.15) is 0 Å². The van der Waals surface area contributed by atoms with E-state index in [4.69, 9.17) is 5.73 Å². The SMILES string of the molecule is Cc1ccc(N)cc1N(C)CCCN(C)C. The predicted octanol–water partition coefficient (Wildman–Crippen LogP) is 1.97. The van der Waals surface area contributed by atoms with Gasteiger partial charge in [-0.1, -0.05) is 6.07 Å². The maximum atomic E-state index is 5.81. The van der Waals surface area contributed by atoms with Gasteiger partial charge in [-0.15, -0.1) is 0 Å². The Labute approximate surface area is 98.8 Å². The van der Waals surface area contributed by atoms with Gasteiger partial charge in [0.15, 0.2) is 0 Å². The zero-order chi connectivity index (χ0) is 12.1. The lowest BCUT2D eigenvalue weighted by Crippen LogP contribution is -2.23. The van der Waals surface area contributed by atoms with Crippen molar-refractivity contribution in [2.24, 2.45) is 0 Å². The van der Waals surface area contributed by atoms with Crippen LogP contribution in [0.25, 0.3) is 0 Å². The van der Waals surface area contributed by atoms with Crippen LogP contribution in [-0.4, -0.2) is 39.1 Å². The molecule has 0 amide bonds. The van der Waals surface area contributed by atoms with Gasteiger partial charge in [-0.2, -0.15) is 0 Å². The van der Waals surface area contributed by atoms with Crippen molar-refractivity contribution in [3.05, 3.63) is 23.8 Å². The molecule has 3 heteroatoms. The molecule has 0 bridgehead atoms. The van der Waals surface area contributed by atoms with Crippen LogP contribution in [0.3, 0.4) is 0 Å². The predicted molar refractivity (Wildman–Crippen MR) is 72.0 cm³/mol. The number of anilines is 2. The van der Waals surface area contributed by atoms with Gasteiger partial charge in [-0.3, -0.25) is 0 Å². The van der Waals surface area contributed by atoms with Crippen molar-refractivity contribution in [3.8, 4) is 0 Å². The number of nitrogens with two attached hydrogens (primary N) is 1. The van der Waals surface area contributed by atoms with Gasteiger partial charge < -0.3 is 15.5 Å². The normalized spacial score (nSPS) is 10.8. The third-order valence-corrected chi connectivity index (χ3v) is 2.74. The minimum absolute atomic E-state index is 0.833. The average Bonchev–Trinajstić information content (AvgIpc) is 2.21. The minimum Gasteiger partial charge on any atom is -0.399 e. The molecule has 0 aliphatic rings. The molecule has 3 nitrogen and oxygen atoms in total. The van der Waals surface area contributed by atoms with E-state index in [2.05, 4.69) is 43.9 Å². The number of rotatable bonds is 5. The molecule has 0 atom stereocenters. The summed E-state index contributed by atoms with van der Waals surface area (Å²) >= 11 is 0. The summed E-state index contributed by atoms with van der Waals surface area (Å²) in [5.74, 6) is 0. The molecule has 0 aromatic heterocycles. The Morgan fingerprint density at radius 1 is 1.12 bits per heavy atom. The highest BCUT2D eigenvalue weighted by Gasteiger charge is 2.04. The van der Waals surface area contributed by atoms with Gasteiger partial charge in [-0.05, 0) is 51.7 Å². The highest BCUT2D eigenvalue weighted by Crippen LogP contribution is 2.21. The molecule has 0 fully saturated rings. The number of nitrogen functional groups attached to an aromatic ring is 1. The summed E-state index contributed by atoms with van der Waals surface area (Å²) in [5, 5.41) is 0. The Balaban J connectivity index is 2.58. The molecule has 0 spiro atoms. The lowest BCUT2D eigenvalue weighted by molar-refractivity contribution is 0.401. The molecule has 90 valence electrons. The second kappa shape index (κ2) is 5.75. The number of nitrogens with zero attached hydrogens (tertiary/aromatic N) is 2. The fraction of sp³-hybridized carbons (Fsp3) is 0.538. The van der Waals surface area contributed by atoms with E-state index in [1.54, 1.807) is 0 Å². The van der Waals surface area contributed by atoms with Crippen LogP contribution < -0.4 is 10.6 Å². The number of benzene rings is 1. The average molecular weight is 221 g/mol. The van der Waals surface area contributed by atoms with Gasteiger partial charge in [0, 0.05) is 25.0 Å². The summed E-state index contributed by atoms with van der Waals surface area (Å²) in [5.41, 5.74) is 9.15. The summed E-state index contributed by atoms with van der Waals surface area (Å²) < 4.78 is 0. The van der Waals surface area contributed by atoms with Gasteiger partial charge >= 0.3 is 0 Å². The summed E-state index contributed by atoms with van der Waals surface area (Å²) in [4.78, 5) is 4.48. The third-order valence-electron chi connectivity index (χ3n) is 2.74. The number of hydrogen-bond donors (Lipinski definition) is 1. The maximum absolute atomic E-state index is 5.81. The van der Waals surface area contributed by atoms with Crippen LogP contribution in [0.5, 0.6) is 0 Å². The Morgan fingerprint density at radius 3 is 2.44 bits per heavy atom. The molecule has 0 heterocycles. The summed E-state index contributed by atoms with van der Waals surface area (Å²) in [6.45, 7) is 4.30. The topological polar surface area (TPSA) is 32.5 Å². The molecule has 1 rings (SSSR count). The Morgan fingerprint density at radius 2 is 1.81 bits per heavy atom. The summed E-state index contributed by atoms with van der Waals surface area (Å²) in [6, 6.07) is 6.07. The van der Waals surface area contributed by atoms with E-state index >= 15 is 0 Å². The second-order valence-corrected chi connectivity index (χ2v) is 4.62. The van der Waals surface area contributed by atoms with Crippen molar-refractivity contribution in [2.75, 3.05) is 44.9 Å². The molecule has 0 saturated heterocycles. The largest absolute Gasteiger partial charge is 0.399 e. The zero-order valence-electron chi connectivity index (χ0n) is 10.8. The lowest BCUT2D eigenvalue weighted by atomic mass is 10.1. The molecule has 1 aromatic rings. The van der Waals surface area contributed by atoms with Crippen LogP contribution in [0.2, 0.25) is 0 Å². The highest BCUT2D eigenvalue weighted by molar-refractivity contribution is 5.60. The Kier molecular flexibility index (Phi) is 4.62. The molecule has 0 saturated carbocycles. The summed E-state index contributed by atoms with van der Waals surface area (Å²) in [7, 11) is 6.33. The quantitative estimate of drug-likeness (QED) is 0.772. The van der Waals surface area contributed by atoms with Crippen LogP contribution in [0.15, 0.2) is 18.2 Å². The molecule has 16 heavy (non-hydrogen) atoms. The van der Waals surface area contributed by atoms with Gasteiger partial charge in [0.25, 0.3) is 0 Å². The highest BCUT2D eigenvalue weighted by atomic mass is 15.1. The number of hydrogen-bond acceptors (Lipinski definition) is 3. The van der Waals surface area contributed by atoms with Crippen LogP contribution in [0.1, 0.15) is 12.0 Å². The monoisotopic (exact) mass is 221 g/mol. The standard InChI is InChI=1S/C13H23N3/c1-11-6-7-12(14)10-13(11)16(4)9-5-8-15(2)3/h6-7,10H,5,8-9,14H2,1-4H3. The van der Waals surface area contributed by atoms with Crippen molar-refractivity contribution in [1.82, 2.24) is 4.90 Å². The fourth-order valence-corrected chi connectivity index (χ4v) is 1.78. The molecule has 0 aliphatic carbocycles. The van der Waals surface area contributed by atoms with E-state index in [1.165, 1.54) is 11.3 Å². The van der Waals surface area contributed by atoms with E-state index in [-0.39, 0.29) is 0 Å². The first-order valence-corrected chi connectivity index (χ1v) is 5.72. The molecular weight excluding hydrogens is 198 g/mol. The first kappa shape index (κ1) is 12.8. The van der Waals surface area contributed by atoms with E-state index in [9.17, 15) is 0 Å². The lowest BCUT2D eigenvalue weighted by Gasteiger charge is -2.22. The molecule has 0 aliphatic heterocycles. The van der Waals surface area contributed by atoms with Crippen LogP contribution >= 0.6 is 0 Å². The second-order valence-electron chi connectivity index (χ2n) is 4.62. The van der Waals surface area contributed by atoms with E-state index < -0.39 is 0 Å². The van der Waals surface area contributed by atoms with Gasteiger partial charge in [0.2, 0.25) is 0 Å². The van der Waals surface area contributed by atoms with Crippen LogP contribution in [0.4, 0.5) is 11.4 Å². The van der Waals surface area contributed by atoms with Crippen molar-refractivity contribution in [1.29, 1.82) is 0 Å². The molecule has 0 radical (unpaired) electrons. The van der Waals surface area contributed by atoms with Crippen molar-refractivity contribution in [3.63, 3.8) is 0 Å². The first-order valence-electron chi connectivity index (χ1n) is 5.72. The summed E-state index contributed by atoms with van der Waals surface area (Å²) in [6.07, 6.45) is 1.16. The van der Waals surface area contributed by atoms with E-state index in [0.717, 1.165) is 25.2 Å². The fourth-order valence-electron chi connectivity index (χ4n) is 1.78. The molecule has 0 unspecified atom stereocenters. The molecule has 2 N–H and O–H groups in total. The molecular formula is C13H23N3. The van der Waals surface area contributed by atoms with Gasteiger partial charge in [-0.25, -0.2) is 0 Å². The van der Waals surface area contributed by atoms with Crippen molar-refractivity contribution < 1.29 is 0 Å². The zero-order valence-corrected chi connectivity index (χ0v) is 10.8. The van der Waals surface area contributed by atoms with E-state index in [0.29, 0.717) is 0 Å². The van der Waals surface area contributed by atoms with Crippen LogP contribution in [0, 0.1) is 6.92 Å². The Hall–Kier alpha value is -1.22. The van der Waals surface area contributed by atoms with Crippen molar-refractivity contribution >= 4 is 11.4 Å². The van der Waals surface area contributed by atoms with Crippen molar-refractivity contribution in [2.45, 2.75) is 13.3 Å². The van der Waals surface area contributed by atoms with Gasteiger partial charge in [0.05, 0.1) is 0 Å². The minimum atomic E-state index is 0.833. The smallest absolute Gasteiger partial charge is 0.0413 e. The first-order chi connectivity index (χ1) is 7.50. The third kappa shape index (κ3) is 3.74. The molecule has 1 aromatic carbocycles. The Bertz CT molecular complexity index is 334. The van der Waals surface area contributed by atoms with E-state index in [1.807, 2.05) is 12.1 Å². The maximum Gasteiger partial charge on any atom is 0.0413 e.